The van der Waals surface area contributed by atoms with Crippen molar-refractivity contribution in [2.45, 2.75) is 26.9 Å². The normalized spacial score (nSPS) is 9.77. The maximum Gasteiger partial charge on any atom is 0.407 e. The third kappa shape index (κ3) is 5.64. The first-order valence-corrected chi connectivity index (χ1v) is 8.16. The standard InChI is InChI=1S/C20H20N2O4/c1-15-12-16(2)18(19(13-15)22(24)25)10-6-7-11-21-20(23)26-14-17-8-4-3-5-9-17/h3-5,8-9,12-13H,7,11,14H2,1-2H3,(H,21,23). The van der Waals surface area contributed by atoms with Crippen LogP contribution in [0.25, 0.3) is 0 Å². The molecule has 0 saturated carbocycles. The molecule has 0 heterocycles. The van der Waals surface area contributed by atoms with E-state index in [4.69, 9.17) is 4.74 Å². The molecule has 1 amide bonds. The van der Waals surface area contributed by atoms with Crippen LogP contribution in [0, 0.1) is 35.8 Å². The zero-order valence-electron chi connectivity index (χ0n) is 14.7. The summed E-state index contributed by atoms with van der Waals surface area (Å²) >= 11 is 0. The van der Waals surface area contributed by atoms with Crippen molar-refractivity contribution in [3.8, 4) is 11.8 Å². The number of amides is 1. The van der Waals surface area contributed by atoms with Crippen molar-refractivity contribution in [3.63, 3.8) is 0 Å². The Morgan fingerprint density at radius 1 is 1.23 bits per heavy atom. The highest BCUT2D eigenvalue weighted by molar-refractivity contribution is 5.67. The van der Waals surface area contributed by atoms with Gasteiger partial charge in [0.2, 0.25) is 0 Å². The van der Waals surface area contributed by atoms with E-state index in [1.54, 1.807) is 6.92 Å². The summed E-state index contributed by atoms with van der Waals surface area (Å²) in [5.74, 6) is 5.70. The van der Waals surface area contributed by atoms with Gasteiger partial charge in [-0.3, -0.25) is 10.1 Å². The maximum absolute atomic E-state index is 11.6. The quantitative estimate of drug-likeness (QED) is 0.383. The van der Waals surface area contributed by atoms with Crippen molar-refractivity contribution in [2.24, 2.45) is 0 Å². The Morgan fingerprint density at radius 2 is 1.96 bits per heavy atom. The fourth-order valence-corrected chi connectivity index (χ4v) is 2.40. The third-order valence-corrected chi connectivity index (χ3v) is 3.60. The summed E-state index contributed by atoms with van der Waals surface area (Å²) in [6.45, 7) is 4.11. The van der Waals surface area contributed by atoms with Crippen LogP contribution in [0.15, 0.2) is 42.5 Å². The van der Waals surface area contributed by atoms with Crippen LogP contribution in [0.5, 0.6) is 0 Å². The summed E-state index contributed by atoms with van der Waals surface area (Å²) < 4.78 is 5.09. The topological polar surface area (TPSA) is 81.5 Å². The van der Waals surface area contributed by atoms with Gasteiger partial charge < -0.3 is 10.1 Å². The number of rotatable bonds is 5. The Labute approximate surface area is 152 Å². The van der Waals surface area contributed by atoms with Crippen molar-refractivity contribution < 1.29 is 14.5 Å². The predicted molar refractivity (Wildman–Crippen MR) is 98.7 cm³/mol. The molecule has 0 fully saturated rings. The summed E-state index contributed by atoms with van der Waals surface area (Å²) in [6.07, 6.45) is -0.154. The minimum atomic E-state index is -0.520. The van der Waals surface area contributed by atoms with Gasteiger partial charge in [-0.05, 0) is 30.5 Å². The lowest BCUT2D eigenvalue weighted by molar-refractivity contribution is -0.385. The van der Waals surface area contributed by atoms with Crippen molar-refractivity contribution in [3.05, 3.63) is 74.8 Å². The zero-order valence-corrected chi connectivity index (χ0v) is 14.7. The number of ether oxygens (including phenoxy) is 1. The smallest absolute Gasteiger partial charge is 0.407 e. The molecule has 0 spiro atoms. The highest BCUT2D eigenvalue weighted by Crippen LogP contribution is 2.23. The van der Waals surface area contributed by atoms with Gasteiger partial charge in [0, 0.05) is 19.0 Å². The number of hydrogen-bond donors (Lipinski definition) is 1. The van der Waals surface area contributed by atoms with Crippen molar-refractivity contribution >= 4 is 11.8 Å². The number of aryl methyl sites for hydroxylation is 2. The highest BCUT2D eigenvalue weighted by Gasteiger charge is 2.14. The molecule has 0 saturated heterocycles. The number of carbonyl (C=O) groups is 1. The summed E-state index contributed by atoms with van der Waals surface area (Å²) in [4.78, 5) is 22.3. The van der Waals surface area contributed by atoms with E-state index < -0.39 is 11.0 Å². The Morgan fingerprint density at radius 3 is 2.65 bits per heavy atom. The molecule has 2 aromatic carbocycles. The van der Waals surface area contributed by atoms with Gasteiger partial charge in [-0.15, -0.1) is 0 Å². The van der Waals surface area contributed by atoms with Crippen LogP contribution in [0.3, 0.4) is 0 Å². The molecule has 134 valence electrons. The third-order valence-electron chi connectivity index (χ3n) is 3.60. The first-order chi connectivity index (χ1) is 12.5. The molecule has 2 rings (SSSR count). The van der Waals surface area contributed by atoms with E-state index in [-0.39, 0.29) is 12.3 Å². The minimum Gasteiger partial charge on any atom is -0.445 e. The van der Waals surface area contributed by atoms with E-state index in [9.17, 15) is 14.9 Å². The van der Waals surface area contributed by atoms with E-state index in [0.29, 0.717) is 18.5 Å². The number of nitrogens with one attached hydrogen (secondary N) is 1. The first-order valence-electron chi connectivity index (χ1n) is 8.16. The molecule has 0 atom stereocenters. The highest BCUT2D eigenvalue weighted by atomic mass is 16.6. The molecule has 0 radical (unpaired) electrons. The van der Waals surface area contributed by atoms with Crippen LogP contribution in [0.2, 0.25) is 0 Å². The Bertz CT molecular complexity index is 851. The minimum absolute atomic E-state index is 0.00484. The number of hydrogen-bond acceptors (Lipinski definition) is 4. The number of carbonyl (C=O) groups excluding carboxylic acids is 1. The van der Waals surface area contributed by atoms with E-state index in [2.05, 4.69) is 17.2 Å². The monoisotopic (exact) mass is 352 g/mol. The summed E-state index contributed by atoms with van der Waals surface area (Å²) in [5, 5.41) is 13.8. The van der Waals surface area contributed by atoms with Crippen molar-refractivity contribution in [1.29, 1.82) is 0 Å². The van der Waals surface area contributed by atoms with Crippen LogP contribution in [0.1, 0.15) is 28.7 Å². The Kier molecular flexibility index (Phi) is 6.75. The molecule has 0 bridgehead atoms. The number of nitro groups is 1. The molecule has 26 heavy (non-hydrogen) atoms. The maximum atomic E-state index is 11.6. The van der Waals surface area contributed by atoms with Crippen LogP contribution >= 0.6 is 0 Å². The molecule has 1 N–H and O–H groups in total. The first kappa shape index (κ1) is 19.0. The second-order valence-electron chi connectivity index (χ2n) is 5.77. The fraction of sp³-hybridized carbons (Fsp3) is 0.250. The average molecular weight is 352 g/mol. The van der Waals surface area contributed by atoms with Gasteiger partial charge in [0.25, 0.3) is 5.69 Å². The summed E-state index contributed by atoms with van der Waals surface area (Å²) in [5.41, 5.74) is 2.91. The molecule has 6 heteroatoms. The van der Waals surface area contributed by atoms with Gasteiger partial charge in [0.05, 0.1) is 4.92 Å². The van der Waals surface area contributed by atoms with Gasteiger partial charge in [0.1, 0.15) is 12.2 Å². The number of nitrogens with zero attached hydrogens (tertiary/aromatic N) is 1. The lowest BCUT2D eigenvalue weighted by atomic mass is 10.0. The largest absolute Gasteiger partial charge is 0.445 e. The molecule has 0 unspecified atom stereocenters. The second kappa shape index (κ2) is 9.23. The molecule has 0 aliphatic rings. The summed E-state index contributed by atoms with van der Waals surface area (Å²) in [6, 6.07) is 12.7. The molecular weight excluding hydrogens is 332 g/mol. The van der Waals surface area contributed by atoms with Gasteiger partial charge in [-0.2, -0.15) is 0 Å². The van der Waals surface area contributed by atoms with Crippen molar-refractivity contribution in [2.75, 3.05) is 6.54 Å². The number of nitro benzene ring substituents is 1. The van der Waals surface area contributed by atoms with Crippen LogP contribution in [-0.2, 0) is 11.3 Å². The van der Waals surface area contributed by atoms with E-state index >= 15 is 0 Å². The Balaban J connectivity index is 1.84. The van der Waals surface area contributed by atoms with Crippen LogP contribution in [-0.4, -0.2) is 17.6 Å². The molecule has 2 aromatic rings. The lowest BCUT2D eigenvalue weighted by Gasteiger charge is -2.05. The molecular formula is C20H20N2O4. The van der Waals surface area contributed by atoms with E-state index in [1.807, 2.05) is 43.3 Å². The van der Waals surface area contributed by atoms with Crippen LogP contribution < -0.4 is 5.32 Å². The SMILES string of the molecule is Cc1cc(C)c(C#CCCNC(=O)OCc2ccccc2)c([N+](=O)[O-])c1. The fourth-order valence-electron chi connectivity index (χ4n) is 2.40. The van der Waals surface area contributed by atoms with Crippen molar-refractivity contribution in [1.82, 2.24) is 5.32 Å². The summed E-state index contributed by atoms with van der Waals surface area (Å²) in [7, 11) is 0. The van der Waals surface area contributed by atoms with Crippen LogP contribution in [0.4, 0.5) is 10.5 Å². The molecule has 0 aliphatic carbocycles. The van der Waals surface area contributed by atoms with Gasteiger partial charge in [0.15, 0.2) is 0 Å². The van der Waals surface area contributed by atoms with Gasteiger partial charge >= 0.3 is 6.09 Å². The lowest BCUT2D eigenvalue weighted by Crippen LogP contribution is -2.24. The predicted octanol–water partition coefficient (Wildman–Crippen LogP) is 3.88. The van der Waals surface area contributed by atoms with E-state index in [1.165, 1.54) is 6.07 Å². The van der Waals surface area contributed by atoms with E-state index in [0.717, 1.165) is 16.7 Å². The Hall–Kier alpha value is -3.33. The van der Waals surface area contributed by atoms with Gasteiger partial charge in [-0.1, -0.05) is 48.2 Å². The second-order valence-corrected chi connectivity index (χ2v) is 5.77. The zero-order chi connectivity index (χ0) is 18.9. The average Bonchev–Trinajstić information content (AvgIpc) is 2.61. The number of benzene rings is 2. The van der Waals surface area contributed by atoms with Gasteiger partial charge in [-0.25, -0.2) is 4.79 Å². The molecule has 0 aliphatic heterocycles. The molecule has 6 nitrogen and oxygen atoms in total. The number of alkyl carbamates (subject to hydrolysis) is 1. The molecule has 0 aromatic heterocycles.